The van der Waals surface area contributed by atoms with E-state index in [1.54, 1.807) is 6.07 Å². The predicted octanol–water partition coefficient (Wildman–Crippen LogP) is 1.57. The van der Waals surface area contributed by atoms with Gasteiger partial charge in [-0.3, -0.25) is 4.79 Å². The van der Waals surface area contributed by atoms with Crippen molar-refractivity contribution in [1.82, 2.24) is 20.3 Å². The Morgan fingerprint density at radius 1 is 1.39 bits per heavy atom. The maximum absolute atomic E-state index is 13.3. The van der Waals surface area contributed by atoms with Gasteiger partial charge >= 0.3 is 0 Å². The first-order valence-corrected chi connectivity index (χ1v) is 7.87. The molecular weight excluding hydrogens is 321 g/mol. The number of H-pyrrole nitrogens is 1. The second kappa shape index (κ2) is 5.28. The number of piperazine rings is 1. The van der Waals surface area contributed by atoms with Crippen molar-refractivity contribution in [3.05, 3.63) is 39.7 Å². The van der Waals surface area contributed by atoms with Gasteiger partial charge in [0.25, 0.3) is 5.56 Å². The lowest BCUT2D eigenvalue weighted by atomic mass is 10.1. The molecule has 2 aromatic heterocycles. The molecule has 1 saturated heterocycles. The molecule has 1 spiro atoms. The summed E-state index contributed by atoms with van der Waals surface area (Å²) in [4.78, 5) is 25.0. The molecule has 2 aromatic rings. The van der Waals surface area contributed by atoms with Crippen molar-refractivity contribution in [3.63, 3.8) is 0 Å². The number of rotatable bonds is 2. The standard InChI is InChI=1S/C15H15ClFN5O/c16-11-13(22-6-5-18-8-15(22)2-3-15)20-12(21-14(11)23)9-1-4-19-10(17)7-9/h1,4,7,18H,2-3,5-6,8H2,(H,20,21,23). The zero-order valence-corrected chi connectivity index (χ0v) is 13.0. The summed E-state index contributed by atoms with van der Waals surface area (Å²) in [7, 11) is 0. The Labute approximate surface area is 136 Å². The molecule has 0 bridgehead atoms. The van der Waals surface area contributed by atoms with Gasteiger partial charge in [0.05, 0.1) is 5.54 Å². The third-order valence-corrected chi connectivity index (χ3v) is 4.81. The molecule has 2 fully saturated rings. The maximum atomic E-state index is 13.3. The Morgan fingerprint density at radius 3 is 2.96 bits per heavy atom. The van der Waals surface area contributed by atoms with E-state index < -0.39 is 11.5 Å². The van der Waals surface area contributed by atoms with Crippen LogP contribution in [0.4, 0.5) is 10.2 Å². The Bertz CT molecular complexity index is 820. The average Bonchev–Trinajstić information content (AvgIpc) is 3.31. The zero-order valence-electron chi connectivity index (χ0n) is 12.3. The van der Waals surface area contributed by atoms with E-state index in [0.29, 0.717) is 17.2 Å². The van der Waals surface area contributed by atoms with Crippen molar-refractivity contribution in [2.75, 3.05) is 24.5 Å². The summed E-state index contributed by atoms with van der Waals surface area (Å²) in [6.45, 7) is 2.41. The van der Waals surface area contributed by atoms with Crippen LogP contribution in [0.15, 0.2) is 23.1 Å². The number of hydrogen-bond acceptors (Lipinski definition) is 5. The van der Waals surface area contributed by atoms with Crippen molar-refractivity contribution in [2.45, 2.75) is 18.4 Å². The minimum Gasteiger partial charge on any atom is -0.347 e. The monoisotopic (exact) mass is 335 g/mol. The molecule has 3 heterocycles. The normalized spacial score (nSPS) is 19.1. The van der Waals surface area contributed by atoms with Crippen LogP contribution in [0, 0.1) is 5.95 Å². The highest BCUT2D eigenvalue weighted by Gasteiger charge is 2.50. The Balaban J connectivity index is 1.82. The van der Waals surface area contributed by atoms with Gasteiger partial charge in [0.15, 0.2) is 5.82 Å². The summed E-state index contributed by atoms with van der Waals surface area (Å²) >= 11 is 6.22. The van der Waals surface area contributed by atoms with Gasteiger partial charge in [0.1, 0.15) is 10.8 Å². The Hall–Kier alpha value is -1.99. The van der Waals surface area contributed by atoms with E-state index >= 15 is 0 Å². The first-order chi connectivity index (χ1) is 11.1. The summed E-state index contributed by atoms with van der Waals surface area (Å²) in [6.07, 6.45) is 3.43. The fourth-order valence-corrected chi connectivity index (χ4v) is 3.27. The molecule has 23 heavy (non-hydrogen) atoms. The molecule has 6 nitrogen and oxygen atoms in total. The van der Waals surface area contributed by atoms with Gasteiger partial charge in [0, 0.05) is 37.5 Å². The van der Waals surface area contributed by atoms with E-state index in [2.05, 4.69) is 25.2 Å². The van der Waals surface area contributed by atoms with Crippen molar-refractivity contribution in [2.24, 2.45) is 0 Å². The van der Waals surface area contributed by atoms with Gasteiger partial charge < -0.3 is 15.2 Å². The van der Waals surface area contributed by atoms with E-state index in [1.165, 1.54) is 12.3 Å². The number of halogens is 2. The molecule has 2 aliphatic rings. The summed E-state index contributed by atoms with van der Waals surface area (Å²) in [6, 6.07) is 2.84. The maximum Gasteiger partial charge on any atom is 0.272 e. The number of aromatic nitrogens is 3. The lowest BCUT2D eigenvalue weighted by Gasteiger charge is -2.38. The van der Waals surface area contributed by atoms with Crippen LogP contribution in [-0.2, 0) is 0 Å². The minimum absolute atomic E-state index is 0.00342. The molecule has 1 saturated carbocycles. The number of aromatic amines is 1. The zero-order chi connectivity index (χ0) is 16.0. The molecular formula is C15H15ClFN5O. The molecule has 2 N–H and O–H groups in total. The molecule has 8 heteroatoms. The summed E-state index contributed by atoms with van der Waals surface area (Å²) in [5.74, 6) is 0.147. The summed E-state index contributed by atoms with van der Waals surface area (Å²) in [5.41, 5.74) is 0.0504. The van der Waals surface area contributed by atoms with Crippen LogP contribution in [0.1, 0.15) is 12.8 Å². The quantitative estimate of drug-likeness (QED) is 0.815. The molecule has 120 valence electrons. The molecule has 1 aliphatic heterocycles. The highest BCUT2D eigenvalue weighted by molar-refractivity contribution is 6.32. The largest absolute Gasteiger partial charge is 0.347 e. The topological polar surface area (TPSA) is 73.9 Å². The van der Waals surface area contributed by atoms with E-state index in [9.17, 15) is 9.18 Å². The van der Waals surface area contributed by atoms with Gasteiger partial charge in [-0.1, -0.05) is 11.6 Å². The number of anilines is 1. The SMILES string of the molecule is O=c1[nH]c(-c2ccnc(F)c2)nc(N2CCNCC23CC3)c1Cl. The highest BCUT2D eigenvalue weighted by Crippen LogP contribution is 2.45. The molecule has 0 atom stereocenters. The van der Waals surface area contributed by atoms with Crippen molar-refractivity contribution < 1.29 is 4.39 Å². The third-order valence-electron chi connectivity index (χ3n) is 4.47. The van der Waals surface area contributed by atoms with Crippen LogP contribution >= 0.6 is 11.6 Å². The second-order valence-corrected chi connectivity index (χ2v) is 6.35. The van der Waals surface area contributed by atoms with Crippen LogP contribution in [0.25, 0.3) is 11.4 Å². The first-order valence-electron chi connectivity index (χ1n) is 7.49. The fourth-order valence-electron chi connectivity index (χ4n) is 3.08. The van der Waals surface area contributed by atoms with E-state index in [1.807, 2.05) is 0 Å². The molecule has 4 rings (SSSR count). The van der Waals surface area contributed by atoms with Crippen molar-refractivity contribution in [1.29, 1.82) is 0 Å². The fraction of sp³-hybridized carbons (Fsp3) is 0.400. The molecule has 0 amide bonds. The lowest BCUT2D eigenvalue weighted by Crippen LogP contribution is -2.54. The summed E-state index contributed by atoms with van der Waals surface area (Å²) < 4.78 is 13.3. The number of nitrogens with one attached hydrogen (secondary N) is 2. The van der Waals surface area contributed by atoms with E-state index in [-0.39, 0.29) is 10.6 Å². The molecule has 1 aliphatic carbocycles. The van der Waals surface area contributed by atoms with Gasteiger partial charge in [-0.2, -0.15) is 4.39 Å². The van der Waals surface area contributed by atoms with Crippen LogP contribution < -0.4 is 15.8 Å². The summed E-state index contributed by atoms with van der Waals surface area (Å²) in [5, 5.41) is 3.45. The molecule has 0 radical (unpaired) electrons. The third kappa shape index (κ3) is 2.49. The first kappa shape index (κ1) is 14.6. The predicted molar refractivity (Wildman–Crippen MR) is 85.2 cm³/mol. The number of nitrogens with zero attached hydrogens (tertiary/aromatic N) is 3. The second-order valence-electron chi connectivity index (χ2n) is 5.97. The van der Waals surface area contributed by atoms with Crippen LogP contribution in [0.5, 0.6) is 0 Å². The van der Waals surface area contributed by atoms with Crippen LogP contribution in [-0.4, -0.2) is 40.1 Å². The van der Waals surface area contributed by atoms with Crippen LogP contribution in [0.2, 0.25) is 5.02 Å². The van der Waals surface area contributed by atoms with Gasteiger partial charge in [0.2, 0.25) is 5.95 Å². The minimum atomic E-state index is -0.623. The van der Waals surface area contributed by atoms with Crippen molar-refractivity contribution in [3.8, 4) is 11.4 Å². The Morgan fingerprint density at radius 2 is 2.22 bits per heavy atom. The van der Waals surface area contributed by atoms with Gasteiger partial charge in [-0.25, -0.2) is 9.97 Å². The average molecular weight is 336 g/mol. The number of pyridine rings is 1. The smallest absolute Gasteiger partial charge is 0.272 e. The van der Waals surface area contributed by atoms with Gasteiger partial charge in [-0.05, 0) is 18.9 Å². The van der Waals surface area contributed by atoms with E-state index in [4.69, 9.17) is 11.6 Å². The van der Waals surface area contributed by atoms with Crippen LogP contribution in [0.3, 0.4) is 0 Å². The highest BCUT2D eigenvalue weighted by atomic mass is 35.5. The lowest BCUT2D eigenvalue weighted by molar-refractivity contribution is 0.460. The van der Waals surface area contributed by atoms with Crippen molar-refractivity contribution >= 4 is 17.4 Å². The van der Waals surface area contributed by atoms with E-state index in [0.717, 1.165) is 32.5 Å². The van der Waals surface area contributed by atoms with Gasteiger partial charge in [-0.15, -0.1) is 0 Å². The Kier molecular flexibility index (Phi) is 3.35. The molecule has 0 aromatic carbocycles. The molecule has 0 unspecified atom stereocenters. The number of hydrogen-bond donors (Lipinski definition) is 2.